The molecule has 2 N–H and O–H groups in total. The van der Waals surface area contributed by atoms with Crippen LogP contribution in [0, 0.1) is 17.1 Å². The van der Waals surface area contributed by atoms with Crippen molar-refractivity contribution in [3.8, 4) is 11.8 Å². The van der Waals surface area contributed by atoms with Gasteiger partial charge in [-0.1, -0.05) is 6.07 Å². The van der Waals surface area contributed by atoms with Gasteiger partial charge in [0.1, 0.15) is 17.7 Å². The van der Waals surface area contributed by atoms with E-state index in [0.29, 0.717) is 30.2 Å². The first-order valence-corrected chi connectivity index (χ1v) is 7.86. The second kappa shape index (κ2) is 7.90. The number of anilines is 1. The molecule has 0 fully saturated rings. The maximum atomic E-state index is 13.3. The largest absolute Gasteiger partial charge is 0.367 e. The Morgan fingerprint density at radius 2 is 2.12 bits per heavy atom. The molecule has 3 aromatic rings. The van der Waals surface area contributed by atoms with E-state index < -0.39 is 0 Å². The molecule has 0 bridgehead atoms. The van der Waals surface area contributed by atoms with Gasteiger partial charge < -0.3 is 10.6 Å². The van der Waals surface area contributed by atoms with Gasteiger partial charge >= 0.3 is 0 Å². The molecule has 0 saturated heterocycles. The molecule has 8 heteroatoms. The lowest BCUT2D eigenvalue weighted by molar-refractivity contribution is 0.0950. The SMILES string of the molecule is N#Cc1cccnc1NCCNC(=O)c1ccn(-c2cccc(F)c2)n1. The molecule has 0 atom stereocenters. The Hall–Kier alpha value is -3.73. The fraction of sp³-hybridized carbons (Fsp3) is 0.111. The summed E-state index contributed by atoms with van der Waals surface area (Å²) in [5.41, 5.74) is 1.20. The Morgan fingerprint density at radius 1 is 1.23 bits per heavy atom. The van der Waals surface area contributed by atoms with Gasteiger partial charge in [-0.05, 0) is 36.4 Å². The smallest absolute Gasteiger partial charge is 0.271 e. The van der Waals surface area contributed by atoms with Crippen molar-refractivity contribution in [1.82, 2.24) is 20.1 Å². The summed E-state index contributed by atoms with van der Waals surface area (Å²) in [5, 5.41) is 18.9. The highest BCUT2D eigenvalue weighted by Gasteiger charge is 2.10. The predicted molar refractivity (Wildman–Crippen MR) is 93.3 cm³/mol. The summed E-state index contributed by atoms with van der Waals surface area (Å²) in [7, 11) is 0. The molecule has 0 spiro atoms. The molecular formula is C18H15FN6O. The summed E-state index contributed by atoms with van der Waals surface area (Å²) in [6.45, 7) is 0.731. The summed E-state index contributed by atoms with van der Waals surface area (Å²) in [6, 6.07) is 12.9. The summed E-state index contributed by atoms with van der Waals surface area (Å²) < 4.78 is 14.7. The summed E-state index contributed by atoms with van der Waals surface area (Å²) in [5.74, 6) is -0.246. The third-order valence-electron chi connectivity index (χ3n) is 3.53. The van der Waals surface area contributed by atoms with Crippen LogP contribution in [0.15, 0.2) is 54.9 Å². The summed E-state index contributed by atoms with van der Waals surface area (Å²) in [6.07, 6.45) is 3.18. The van der Waals surface area contributed by atoms with Gasteiger partial charge in [0, 0.05) is 25.5 Å². The van der Waals surface area contributed by atoms with E-state index in [0.717, 1.165) is 0 Å². The number of carbonyl (C=O) groups is 1. The normalized spacial score (nSPS) is 10.2. The molecule has 3 rings (SSSR count). The lowest BCUT2D eigenvalue weighted by Gasteiger charge is -2.07. The molecule has 0 unspecified atom stereocenters. The minimum Gasteiger partial charge on any atom is -0.367 e. The minimum atomic E-state index is -0.374. The number of carbonyl (C=O) groups excluding carboxylic acids is 1. The molecule has 130 valence electrons. The number of hydrogen-bond acceptors (Lipinski definition) is 5. The van der Waals surface area contributed by atoms with Gasteiger partial charge in [0.2, 0.25) is 0 Å². The number of hydrogen-bond donors (Lipinski definition) is 2. The van der Waals surface area contributed by atoms with Gasteiger partial charge in [0.25, 0.3) is 5.91 Å². The van der Waals surface area contributed by atoms with Crippen LogP contribution in [-0.4, -0.2) is 33.8 Å². The standard InChI is InChI=1S/C18H15FN6O/c19-14-4-1-5-15(11-14)25-10-6-16(24-25)18(26)23-9-8-22-17-13(12-20)3-2-7-21-17/h1-7,10-11H,8-9H2,(H,21,22)(H,23,26). The molecule has 0 aliphatic heterocycles. The molecule has 0 saturated carbocycles. The van der Waals surface area contributed by atoms with E-state index in [1.807, 2.05) is 6.07 Å². The van der Waals surface area contributed by atoms with E-state index >= 15 is 0 Å². The van der Waals surface area contributed by atoms with E-state index in [1.54, 1.807) is 42.7 Å². The van der Waals surface area contributed by atoms with Crippen LogP contribution < -0.4 is 10.6 Å². The quantitative estimate of drug-likeness (QED) is 0.664. The fourth-order valence-corrected chi connectivity index (χ4v) is 2.29. The lowest BCUT2D eigenvalue weighted by atomic mass is 10.3. The number of rotatable bonds is 6. The van der Waals surface area contributed by atoms with Crippen molar-refractivity contribution in [3.63, 3.8) is 0 Å². The molecule has 2 aromatic heterocycles. The Labute approximate surface area is 149 Å². The number of nitrogens with zero attached hydrogens (tertiary/aromatic N) is 4. The van der Waals surface area contributed by atoms with E-state index in [4.69, 9.17) is 5.26 Å². The van der Waals surface area contributed by atoms with Crippen molar-refractivity contribution in [2.24, 2.45) is 0 Å². The molecule has 0 aliphatic carbocycles. The zero-order chi connectivity index (χ0) is 18.4. The average Bonchev–Trinajstić information content (AvgIpc) is 3.16. The summed E-state index contributed by atoms with van der Waals surface area (Å²) >= 11 is 0. The van der Waals surface area contributed by atoms with E-state index in [1.165, 1.54) is 16.8 Å². The van der Waals surface area contributed by atoms with Gasteiger partial charge in [-0.3, -0.25) is 4.79 Å². The highest BCUT2D eigenvalue weighted by atomic mass is 19.1. The second-order valence-electron chi connectivity index (χ2n) is 5.32. The molecule has 1 aromatic carbocycles. The third kappa shape index (κ3) is 4.02. The minimum absolute atomic E-state index is 0.227. The van der Waals surface area contributed by atoms with Crippen molar-refractivity contribution >= 4 is 11.7 Å². The second-order valence-corrected chi connectivity index (χ2v) is 5.32. The van der Waals surface area contributed by atoms with E-state index in [-0.39, 0.29) is 17.4 Å². The first-order chi connectivity index (χ1) is 12.7. The molecular weight excluding hydrogens is 335 g/mol. The lowest BCUT2D eigenvalue weighted by Crippen LogP contribution is -2.29. The van der Waals surface area contributed by atoms with Crippen molar-refractivity contribution in [2.45, 2.75) is 0 Å². The van der Waals surface area contributed by atoms with Crippen LogP contribution >= 0.6 is 0 Å². The third-order valence-corrected chi connectivity index (χ3v) is 3.53. The van der Waals surface area contributed by atoms with Crippen molar-refractivity contribution in [1.29, 1.82) is 5.26 Å². The maximum Gasteiger partial charge on any atom is 0.271 e. The fourth-order valence-electron chi connectivity index (χ4n) is 2.29. The number of nitriles is 1. The van der Waals surface area contributed by atoms with Gasteiger partial charge in [-0.25, -0.2) is 14.1 Å². The zero-order valence-electron chi connectivity index (χ0n) is 13.7. The number of amides is 1. The highest BCUT2D eigenvalue weighted by Crippen LogP contribution is 2.10. The highest BCUT2D eigenvalue weighted by molar-refractivity contribution is 5.92. The van der Waals surface area contributed by atoms with Crippen LogP contribution in [-0.2, 0) is 0 Å². The van der Waals surface area contributed by atoms with Crippen LogP contribution in [0.4, 0.5) is 10.2 Å². The Morgan fingerprint density at radius 3 is 2.92 bits per heavy atom. The molecule has 0 radical (unpaired) electrons. The molecule has 2 heterocycles. The number of nitrogens with one attached hydrogen (secondary N) is 2. The topological polar surface area (TPSA) is 95.6 Å². The number of pyridine rings is 1. The Balaban J connectivity index is 1.54. The van der Waals surface area contributed by atoms with E-state index in [9.17, 15) is 9.18 Å². The van der Waals surface area contributed by atoms with Gasteiger partial charge in [-0.2, -0.15) is 10.4 Å². The monoisotopic (exact) mass is 350 g/mol. The van der Waals surface area contributed by atoms with Crippen molar-refractivity contribution in [3.05, 3.63) is 71.9 Å². The Kier molecular flexibility index (Phi) is 5.19. The van der Waals surface area contributed by atoms with Gasteiger partial charge in [0.15, 0.2) is 5.69 Å². The zero-order valence-corrected chi connectivity index (χ0v) is 13.7. The molecule has 26 heavy (non-hydrogen) atoms. The predicted octanol–water partition coefficient (Wildman–Crippen LogP) is 2.12. The number of aromatic nitrogens is 3. The van der Waals surface area contributed by atoms with Crippen LogP contribution in [0.1, 0.15) is 16.1 Å². The Bertz CT molecular complexity index is 962. The number of benzene rings is 1. The average molecular weight is 350 g/mol. The van der Waals surface area contributed by atoms with Gasteiger partial charge in [0.05, 0.1) is 11.3 Å². The van der Waals surface area contributed by atoms with E-state index in [2.05, 4.69) is 20.7 Å². The summed E-state index contributed by atoms with van der Waals surface area (Å²) in [4.78, 5) is 16.2. The van der Waals surface area contributed by atoms with Crippen LogP contribution in [0.2, 0.25) is 0 Å². The van der Waals surface area contributed by atoms with Gasteiger partial charge in [-0.15, -0.1) is 0 Å². The first-order valence-electron chi connectivity index (χ1n) is 7.86. The van der Waals surface area contributed by atoms with Crippen molar-refractivity contribution in [2.75, 3.05) is 18.4 Å². The van der Waals surface area contributed by atoms with Crippen molar-refractivity contribution < 1.29 is 9.18 Å². The maximum absolute atomic E-state index is 13.3. The molecule has 1 amide bonds. The number of halogens is 1. The molecule has 0 aliphatic rings. The molecule has 7 nitrogen and oxygen atoms in total. The first kappa shape index (κ1) is 17.1. The van der Waals surface area contributed by atoms with Crippen LogP contribution in [0.25, 0.3) is 5.69 Å². The van der Waals surface area contributed by atoms with Crippen LogP contribution in [0.5, 0.6) is 0 Å². The van der Waals surface area contributed by atoms with Crippen LogP contribution in [0.3, 0.4) is 0 Å².